The third-order valence-corrected chi connectivity index (χ3v) is 2.20. The van der Waals surface area contributed by atoms with Gasteiger partial charge in [-0.15, -0.1) is 5.10 Å². The van der Waals surface area contributed by atoms with Crippen molar-refractivity contribution in [2.75, 3.05) is 7.05 Å². The minimum Gasteiger partial charge on any atom is -0.434 e. The van der Waals surface area contributed by atoms with Crippen molar-refractivity contribution in [3.63, 3.8) is 0 Å². The molecule has 0 aliphatic rings. The number of benzene rings is 1. The second kappa shape index (κ2) is 5.28. The molecule has 0 aliphatic heterocycles. The number of H-pyrrole nitrogens is 2. The van der Waals surface area contributed by atoms with Gasteiger partial charge in [-0.25, -0.2) is 9.89 Å². The first-order valence-corrected chi connectivity index (χ1v) is 5.29. The molecule has 0 unspecified atom stereocenters. The third kappa shape index (κ3) is 2.83. The third-order valence-electron chi connectivity index (χ3n) is 2.20. The number of nitrogens with one attached hydrogen (secondary N) is 3. The van der Waals surface area contributed by atoms with E-state index in [2.05, 4.69) is 15.5 Å². The lowest BCUT2D eigenvalue weighted by atomic mass is 10.2. The molecule has 0 amide bonds. The molecule has 2 aromatic rings. The second-order valence-corrected chi connectivity index (χ2v) is 3.59. The molecule has 18 heavy (non-hydrogen) atoms. The van der Waals surface area contributed by atoms with Crippen molar-refractivity contribution in [3.05, 3.63) is 50.7 Å². The number of hydrogen-bond acceptors (Lipinski definition) is 5. The van der Waals surface area contributed by atoms with Crippen LogP contribution in [0.3, 0.4) is 0 Å². The summed E-state index contributed by atoms with van der Waals surface area (Å²) in [5, 5.41) is 8.63. The number of hydrogen-bond donors (Lipinski definition) is 3. The van der Waals surface area contributed by atoms with Crippen molar-refractivity contribution in [2.45, 2.75) is 6.54 Å². The summed E-state index contributed by atoms with van der Waals surface area (Å²) in [6.07, 6.45) is 0. The number of rotatable bonds is 4. The molecule has 1 aromatic heterocycles. The molecule has 2 rings (SSSR count). The monoisotopic (exact) mass is 248 g/mol. The fraction of sp³-hybridized carbons (Fsp3) is 0.182. The SMILES string of the molecule is CNCc1ccc(Oc2n[nH]c(=O)[nH]c2=O)cc1. The van der Waals surface area contributed by atoms with Crippen LogP contribution in [-0.4, -0.2) is 22.2 Å². The molecule has 0 bridgehead atoms. The molecule has 0 saturated carbocycles. The van der Waals surface area contributed by atoms with E-state index in [0.29, 0.717) is 5.75 Å². The highest BCUT2D eigenvalue weighted by atomic mass is 16.5. The summed E-state index contributed by atoms with van der Waals surface area (Å²) < 4.78 is 5.25. The molecule has 7 heteroatoms. The van der Waals surface area contributed by atoms with Gasteiger partial charge < -0.3 is 10.1 Å². The zero-order valence-corrected chi connectivity index (χ0v) is 9.69. The predicted octanol–water partition coefficient (Wildman–Crippen LogP) is -0.0301. The Morgan fingerprint density at radius 2 is 2.00 bits per heavy atom. The van der Waals surface area contributed by atoms with E-state index in [4.69, 9.17) is 4.74 Å². The van der Waals surface area contributed by atoms with Gasteiger partial charge in [0.15, 0.2) is 0 Å². The largest absolute Gasteiger partial charge is 0.434 e. The van der Waals surface area contributed by atoms with Gasteiger partial charge >= 0.3 is 17.1 Å². The lowest BCUT2D eigenvalue weighted by molar-refractivity contribution is 0.443. The van der Waals surface area contributed by atoms with Gasteiger partial charge in [-0.3, -0.25) is 9.78 Å². The standard InChI is InChI=1S/C11H12N4O3/c1-12-6-7-2-4-8(5-3-7)18-10-9(16)13-11(17)15-14-10/h2-5,12H,6H2,1H3,(H2,13,15,16,17). The van der Waals surface area contributed by atoms with Gasteiger partial charge in [-0.05, 0) is 24.7 Å². The zero-order valence-electron chi connectivity index (χ0n) is 9.69. The molecule has 0 aliphatic carbocycles. The number of ether oxygens (including phenoxy) is 1. The van der Waals surface area contributed by atoms with Crippen molar-refractivity contribution in [3.8, 4) is 11.6 Å². The second-order valence-electron chi connectivity index (χ2n) is 3.59. The van der Waals surface area contributed by atoms with Gasteiger partial charge in [0.25, 0.3) is 0 Å². The predicted molar refractivity (Wildman–Crippen MR) is 64.8 cm³/mol. The van der Waals surface area contributed by atoms with Gasteiger partial charge in [0.05, 0.1) is 0 Å². The summed E-state index contributed by atoms with van der Waals surface area (Å²) in [7, 11) is 1.86. The number of nitrogens with zero attached hydrogens (tertiary/aromatic N) is 1. The van der Waals surface area contributed by atoms with Crippen molar-refractivity contribution < 1.29 is 4.74 Å². The van der Waals surface area contributed by atoms with Crippen LogP contribution in [0.25, 0.3) is 0 Å². The normalized spacial score (nSPS) is 10.3. The van der Waals surface area contributed by atoms with Crippen LogP contribution in [0.5, 0.6) is 11.6 Å². The maximum atomic E-state index is 11.3. The summed E-state index contributed by atoms with van der Waals surface area (Å²) in [5.74, 6) is 0.274. The van der Waals surface area contributed by atoms with Crippen LogP contribution in [0, 0.1) is 0 Å². The summed E-state index contributed by atoms with van der Waals surface area (Å²) in [4.78, 5) is 24.1. The average Bonchev–Trinajstić information content (AvgIpc) is 2.35. The lowest BCUT2D eigenvalue weighted by Gasteiger charge is -2.04. The lowest BCUT2D eigenvalue weighted by Crippen LogP contribution is -2.24. The van der Waals surface area contributed by atoms with Crippen molar-refractivity contribution in [1.29, 1.82) is 0 Å². The minimum atomic E-state index is -0.670. The summed E-state index contributed by atoms with van der Waals surface area (Å²) in [6.45, 7) is 0.748. The van der Waals surface area contributed by atoms with Crippen LogP contribution in [0.15, 0.2) is 33.9 Å². The molecule has 0 radical (unpaired) electrons. The highest BCUT2D eigenvalue weighted by Crippen LogP contribution is 2.16. The average molecular weight is 248 g/mol. The molecule has 3 N–H and O–H groups in total. The molecule has 1 aromatic carbocycles. The zero-order chi connectivity index (χ0) is 13.0. The maximum Gasteiger partial charge on any atom is 0.342 e. The van der Waals surface area contributed by atoms with Crippen LogP contribution in [0.2, 0.25) is 0 Å². The Morgan fingerprint density at radius 1 is 1.28 bits per heavy atom. The molecule has 1 heterocycles. The van der Waals surface area contributed by atoms with Crippen molar-refractivity contribution >= 4 is 0 Å². The van der Waals surface area contributed by atoms with Crippen molar-refractivity contribution in [1.82, 2.24) is 20.5 Å². The highest BCUT2D eigenvalue weighted by Gasteiger charge is 2.04. The van der Waals surface area contributed by atoms with Gasteiger partial charge in [-0.1, -0.05) is 12.1 Å². The molecule has 0 spiro atoms. The van der Waals surface area contributed by atoms with E-state index in [1.807, 2.05) is 24.2 Å². The Kier molecular flexibility index (Phi) is 3.54. The van der Waals surface area contributed by atoms with Crippen LogP contribution in [0.1, 0.15) is 5.56 Å². The Balaban J connectivity index is 2.18. The summed E-state index contributed by atoms with van der Waals surface area (Å²) in [5.41, 5.74) is -0.247. The molecule has 0 saturated heterocycles. The Morgan fingerprint density at radius 3 is 2.61 bits per heavy atom. The van der Waals surface area contributed by atoms with E-state index in [1.165, 1.54) is 0 Å². The molecule has 0 atom stereocenters. The van der Waals surface area contributed by atoms with Crippen LogP contribution in [-0.2, 0) is 6.54 Å². The molecular weight excluding hydrogens is 236 g/mol. The smallest absolute Gasteiger partial charge is 0.342 e. The summed E-state index contributed by atoms with van der Waals surface area (Å²) in [6, 6.07) is 7.18. The molecule has 94 valence electrons. The Bertz CT molecular complexity index is 630. The van der Waals surface area contributed by atoms with Crippen LogP contribution in [0.4, 0.5) is 0 Å². The first-order valence-electron chi connectivity index (χ1n) is 5.29. The topological polar surface area (TPSA) is 99.9 Å². The fourth-order valence-electron chi connectivity index (χ4n) is 1.40. The first-order chi connectivity index (χ1) is 8.69. The quantitative estimate of drug-likeness (QED) is 0.705. The Labute approximate surface area is 102 Å². The van der Waals surface area contributed by atoms with E-state index in [1.54, 1.807) is 12.1 Å². The first kappa shape index (κ1) is 12.1. The van der Waals surface area contributed by atoms with Crippen LogP contribution >= 0.6 is 0 Å². The molecular formula is C11H12N4O3. The minimum absolute atomic E-state index is 0.198. The fourth-order valence-corrected chi connectivity index (χ4v) is 1.40. The van der Waals surface area contributed by atoms with Gasteiger partial charge in [0.1, 0.15) is 5.75 Å². The van der Waals surface area contributed by atoms with E-state index in [0.717, 1.165) is 12.1 Å². The van der Waals surface area contributed by atoms with Gasteiger partial charge in [-0.2, -0.15) is 0 Å². The van der Waals surface area contributed by atoms with E-state index in [9.17, 15) is 9.59 Å². The van der Waals surface area contributed by atoms with Crippen LogP contribution < -0.4 is 21.3 Å². The number of aromatic nitrogens is 3. The van der Waals surface area contributed by atoms with Gasteiger partial charge in [0.2, 0.25) is 0 Å². The molecule has 7 nitrogen and oxygen atoms in total. The van der Waals surface area contributed by atoms with E-state index < -0.39 is 11.2 Å². The van der Waals surface area contributed by atoms with E-state index in [-0.39, 0.29) is 5.88 Å². The van der Waals surface area contributed by atoms with E-state index >= 15 is 0 Å². The highest BCUT2D eigenvalue weighted by molar-refractivity contribution is 5.29. The molecule has 0 fully saturated rings. The Hall–Kier alpha value is -2.41. The van der Waals surface area contributed by atoms with Gasteiger partial charge in [0, 0.05) is 6.54 Å². The number of aromatic amines is 2. The summed E-state index contributed by atoms with van der Waals surface area (Å²) >= 11 is 0. The van der Waals surface area contributed by atoms with Crippen molar-refractivity contribution in [2.24, 2.45) is 0 Å². The maximum absolute atomic E-state index is 11.3.